The molecule has 0 aliphatic carbocycles. The molecular weight excluding hydrogens is 270 g/mol. The predicted octanol–water partition coefficient (Wildman–Crippen LogP) is 4.14. The molecule has 0 saturated heterocycles. The van der Waals surface area contributed by atoms with Crippen molar-refractivity contribution in [3.63, 3.8) is 0 Å². The second-order valence-corrected chi connectivity index (χ2v) is 5.21. The molecule has 0 saturated carbocycles. The summed E-state index contributed by atoms with van der Waals surface area (Å²) in [6.07, 6.45) is 3.19. The average Bonchev–Trinajstić information content (AvgIpc) is 2.53. The number of benzene rings is 2. The first-order valence-electron chi connectivity index (χ1n) is 7.08. The molecule has 0 spiro atoms. The summed E-state index contributed by atoms with van der Waals surface area (Å²) in [5.74, 6) is 0. The fraction of sp³-hybridized carbons (Fsp3) is 0.158. The monoisotopic (exact) mass is 289 g/mol. The molecule has 0 amide bonds. The Labute approximate surface area is 131 Å². The molecule has 3 heteroatoms. The molecule has 0 atom stereocenters. The van der Waals surface area contributed by atoms with Gasteiger partial charge in [-0.3, -0.25) is 0 Å². The van der Waals surface area contributed by atoms with E-state index < -0.39 is 0 Å². The fourth-order valence-corrected chi connectivity index (χ4v) is 2.23. The Morgan fingerprint density at radius 3 is 2.50 bits per heavy atom. The summed E-state index contributed by atoms with van der Waals surface area (Å²) >= 11 is 0. The average molecular weight is 289 g/mol. The lowest BCUT2D eigenvalue weighted by atomic mass is 9.98. The molecule has 22 heavy (non-hydrogen) atoms. The Balaban J connectivity index is 2.34. The second-order valence-electron chi connectivity index (χ2n) is 5.21. The van der Waals surface area contributed by atoms with Crippen molar-refractivity contribution < 1.29 is 0 Å². The number of hydrogen-bond donors (Lipinski definition) is 0. The van der Waals surface area contributed by atoms with E-state index in [1.165, 1.54) is 11.8 Å². The quantitative estimate of drug-likeness (QED) is 0.613. The third kappa shape index (κ3) is 3.83. The summed E-state index contributed by atoms with van der Waals surface area (Å²) < 4.78 is 0. The smallest absolute Gasteiger partial charge is 0.0995 e. The predicted molar refractivity (Wildman–Crippen MR) is 91.5 cm³/mol. The lowest BCUT2D eigenvalue weighted by Gasteiger charge is -2.15. The van der Waals surface area contributed by atoms with Crippen LogP contribution in [0.15, 0.2) is 60.2 Å². The maximum absolute atomic E-state index is 9.29. The molecule has 0 aromatic heterocycles. The highest BCUT2D eigenvalue weighted by Gasteiger charge is 2.07. The first-order valence-corrected chi connectivity index (χ1v) is 7.08. The van der Waals surface area contributed by atoms with Crippen molar-refractivity contribution in [1.29, 1.82) is 5.26 Å². The first-order chi connectivity index (χ1) is 10.6. The van der Waals surface area contributed by atoms with Gasteiger partial charge < -0.3 is 4.90 Å². The van der Waals surface area contributed by atoms with E-state index in [9.17, 15) is 5.26 Å². The fourth-order valence-electron chi connectivity index (χ4n) is 2.23. The van der Waals surface area contributed by atoms with E-state index in [0.29, 0.717) is 12.1 Å². The van der Waals surface area contributed by atoms with Gasteiger partial charge in [0, 0.05) is 19.8 Å². The van der Waals surface area contributed by atoms with Crippen molar-refractivity contribution in [3.05, 3.63) is 71.9 Å². The minimum Gasteiger partial charge on any atom is -0.361 e. The maximum Gasteiger partial charge on any atom is 0.0995 e. The van der Waals surface area contributed by atoms with Crippen LogP contribution in [0, 0.1) is 18.3 Å². The molecule has 110 valence electrons. The van der Waals surface area contributed by atoms with Crippen molar-refractivity contribution in [2.45, 2.75) is 13.5 Å². The van der Waals surface area contributed by atoms with Crippen LogP contribution in [0.25, 0.3) is 11.1 Å². The third-order valence-electron chi connectivity index (χ3n) is 3.40. The topological polar surface area (TPSA) is 39.4 Å². The van der Waals surface area contributed by atoms with E-state index in [2.05, 4.69) is 54.9 Å². The molecule has 0 aliphatic rings. The van der Waals surface area contributed by atoms with E-state index in [1.807, 2.05) is 24.1 Å². The van der Waals surface area contributed by atoms with Gasteiger partial charge in [0.05, 0.1) is 18.0 Å². The molecule has 0 heterocycles. The standard InChI is InChI=1S/C19H19N3/c1-4-21-14-22(3)13-19-11-17(9-10-18(19)12-20)16-7-5-15(2)6-8-16/h4-11,14H,1,13H2,2-3H3/b21-14-. The number of aryl methyl sites for hydroxylation is 1. The molecule has 2 aromatic carbocycles. The molecule has 3 nitrogen and oxygen atoms in total. The van der Waals surface area contributed by atoms with Crippen LogP contribution in [0.1, 0.15) is 16.7 Å². The van der Waals surface area contributed by atoms with Crippen molar-refractivity contribution in [2.24, 2.45) is 4.99 Å². The third-order valence-corrected chi connectivity index (χ3v) is 3.40. The van der Waals surface area contributed by atoms with Gasteiger partial charge >= 0.3 is 0 Å². The van der Waals surface area contributed by atoms with Gasteiger partial charge in [0.2, 0.25) is 0 Å². The summed E-state index contributed by atoms with van der Waals surface area (Å²) in [6.45, 7) is 6.25. The van der Waals surface area contributed by atoms with E-state index in [4.69, 9.17) is 0 Å². The zero-order chi connectivity index (χ0) is 15.9. The molecule has 0 N–H and O–H groups in total. The summed E-state index contributed by atoms with van der Waals surface area (Å²) in [5.41, 5.74) is 5.17. The second kappa shape index (κ2) is 7.24. The Morgan fingerprint density at radius 2 is 1.86 bits per heavy atom. The van der Waals surface area contributed by atoms with Gasteiger partial charge in [0.15, 0.2) is 0 Å². The molecule has 0 bridgehead atoms. The first kappa shape index (κ1) is 15.5. The zero-order valence-electron chi connectivity index (χ0n) is 13.0. The minimum atomic E-state index is 0.625. The van der Waals surface area contributed by atoms with Gasteiger partial charge in [-0.15, -0.1) is 0 Å². The maximum atomic E-state index is 9.29. The van der Waals surface area contributed by atoms with Crippen molar-refractivity contribution in [2.75, 3.05) is 7.05 Å². The molecule has 0 unspecified atom stereocenters. The van der Waals surface area contributed by atoms with Crippen LogP contribution in [0.2, 0.25) is 0 Å². The molecule has 0 fully saturated rings. The molecule has 0 aliphatic heterocycles. The van der Waals surface area contributed by atoms with Crippen LogP contribution in [0.5, 0.6) is 0 Å². The van der Waals surface area contributed by atoms with Crippen LogP contribution in [0.4, 0.5) is 0 Å². The highest BCUT2D eigenvalue weighted by molar-refractivity contribution is 5.66. The number of nitriles is 1. The van der Waals surface area contributed by atoms with E-state index >= 15 is 0 Å². The summed E-state index contributed by atoms with van der Waals surface area (Å²) in [6, 6.07) is 16.6. The summed E-state index contributed by atoms with van der Waals surface area (Å²) in [5, 5.41) is 9.29. The van der Waals surface area contributed by atoms with Crippen LogP contribution in [-0.4, -0.2) is 18.3 Å². The number of hydrogen-bond acceptors (Lipinski definition) is 2. The van der Waals surface area contributed by atoms with Crippen molar-refractivity contribution >= 4 is 6.34 Å². The van der Waals surface area contributed by atoms with Crippen molar-refractivity contribution in [3.8, 4) is 17.2 Å². The van der Waals surface area contributed by atoms with Crippen LogP contribution in [-0.2, 0) is 6.54 Å². The summed E-state index contributed by atoms with van der Waals surface area (Å²) in [7, 11) is 1.92. The molecule has 0 radical (unpaired) electrons. The molecule has 2 aromatic rings. The van der Waals surface area contributed by atoms with Crippen molar-refractivity contribution in [1.82, 2.24) is 4.90 Å². The zero-order valence-corrected chi connectivity index (χ0v) is 13.0. The Bertz CT molecular complexity index is 721. The highest BCUT2D eigenvalue weighted by atomic mass is 15.1. The summed E-state index contributed by atoms with van der Waals surface area (Å²) in [4.78, 5) is 5.92. The Kier molecular flexibility index (Phi) is 5.11. The Hall–Kier alpha value is -2.86. The number of nitrogens with zero attached hydrogens (tertiary/aromatic N) is 3. The van der Waals surface area contributed by atoms with Crippen LogP contribution in [0.3, 0.4) is 0 Å². The van der Waals surface area contributed by atoms with Crippen LogP contribution < -0.4 is 0 Å². The number of aliphatic imine (C=N–C) groups is 1. The van der Waals surface area contributed by atoms with Crippen LogP contribution >= 0.6 is 0 Å². The lowest BCUT2D eigenvalue weighted by molar-refractivity contribution is 0.515. The Morgan fingerprint density at radius 1 is 1.18 bits per heavy atom. The van der Waals surface area contributed by atoms with E-state index in [-0.39, 0.29) is 0 Å². The van der Waals surface area contributed by atoms with Gasteiger partial charge in [-0.05, 0) is 35.7 Å². The number of rotatable bonds is 5. The lowest BCUT2D eigenvalue weighted by Crippen LogP contribution is -2.16. The largest absolute Gasteiger partial charge is 0.361 e. The van der Waals surface area contributed by atoms with Gasteiger partial charge in [0.25, 0.3) is 0 Å². The van der Waals surface area contributed by atoms with E-state index in [0.717, 1.165) is 16.7 Å². The van der Waals surface area contributed by atoms with Gasteiger partial charge in [-0.1, -0.05) is 42.5 Å². The molecular formula is C19H19N3. The normalized spacial score (nSPS) is 10.4. The molecule has 2 rings (SSSR count). The van der Waals surface area contributed by atoms with Gasteiger partial charge in [-0.25, -0.2) is 4.99 Å². The SMILES string of the molecule is C=C/N=C\N(C)Cc1cc(-c2ccc(C)cc2)ccc1C#N. The van der Waals surface area contributed by atoms with E-state index in [1.54, 1.807) is 6.34 Å². The highest BCUT2D eigenvalue weighted by Crippen LogP contribution is 2.23. The van der Waals surface area contributed by atoms with Gasteiger partial charge in [0.1, 0.15) is 0 Å². The van der Waals surface area contributed by atoms with Gasteiger partial charge in [-0.2, -0.15) is 5.26 Å². The minimum absolute atomic E-state index is 0.625.